The van der Waals surface area contributed by atoms with E-state index in [0.717, 1.165) is 30.3 Å². The fourth-order valence-electron chi connectivity index (χ4n) is 1.83. The van der Waals surface area contributed by atoms with Crippen LogP contribution >= 0.6 is 0 Å². The molecule has 0 atom stereocenters. The van der Waals surface area contributed by atoms with Crippen LogP contribution < -0.4 is 15.6 Å². The first-order valence-electron chi connectivity index (χ1n) is 6.86. The van der Waals surface area contributed by atoms with E-state index in [1.807, 2.05) is 10.9 Å². The number of carbonyl (C=O) groups is 2. The van der Waals surface area contributed by atoms with Gasteiger partial charge in [-0.1, -0.05) is 6.07 Å². The van der Waals surface area contributed by atoms with Crippen LogP contribution in [0.1, 0.15) is 20.7 Å². The molecule has 2 rings (SSSR count). The molecule has 0 fully saturated rings. The summed E-state index contributed by atoms with van der Waals surface area (Å²) in [5.41, 5.74) is 3.68. The molecule has 0 saturated carbocycles. The summed E-state index contributed by atoms with van der Waals surface area (Å²) in [6.45, 7) is 0. The lowest BCUT2D eigenvalue weighted by Crippen LogP contribution is -2.41. The number of hydrogen-bond donors (Lipinski definition) is 2. The van der Waals surface area contributed by atoms with Crippen LogP contribution in [0.15, 0.2) is 48.5 Å². The molecule has 0 heterocycles. The molecule has 0 aliphatic rings. The van der Waals surface area contributed by atoms with Crippen molar-refractivity contribution in [3.63, 3.8) is 0 Å². The van der Waals surface area contributed by atoms with Gasteiger partial charge in [0.2, 0.25) is 0 Å². The summed E-state index contributed by atoms with van der Waals surface area (Å²) < 4.78 is 39.8. The molecular formula is C15H10F3N3O5. The standard InChI is InChI=1S/C15H10F3N3O5/c16-15(17,18)26-12-6-4-9(5-7-12)13(22)19-20-14(23)10-2-1-3-11(8-10)21(24)25/h1-8H,(H,19,22)(H,20,23). The Kier molecular flexibility index (Phi) is 5.40. The van der Waals surface area contributed by atoms with Crippen molar-refractivity contribution in [1.29, 1.82) is 0 Å². The van der Waals surface area contributed by atoms with E-state index in [4.69, 9.17) is 0 Å². The Bertz CT molecular complexity index is 837. The normalized spacial score (nSPS) is 10.7. The Labute approximate surface area is 143 Å². The monoisotopic (exact) mass is 369 g/mol. The van der Waals surface area contributed by atoms with Gasteiger partial charge in [0.1, 0.15) is 5.75 Å². The Morgan fingerprint density at radius 2 is 1.54 bits per heavy atom. The van der Waals surface area contributed by atoms with Gasteiger partial charge in [0, 0.05) is 23.3 Å². The molecule has 0 bridgehead atoms. The summed E-state index contributed by atoms with van der Waals surface area (Å²) in [5.74, 6) is -2.11. The average Bonchev–Trinajstić information content (AvgIpc) is 2.58. The largest absolute Gasteiger partial charge is 0.573 e. The van der Waals surface area contributed by atoms with Gasteiger partial charge in [-0.2, -0.15) is 0 Å². The number of benzene rings is 2. The number of rotatable bonds is 4. The van der Waals surface area contributed by atoms with Crippen LogP contribution in [0.4, 0.5) is 18.9 Å². The van der Waals surface area contributed by atoms with Crippen LogP contribution in [-0.2, 0) is 0 Å². The van der Waals surface area contributed by atoms with Gasteiger partial charge in [-0.25, -0.2) is 0 Å². The fourth-order valence-corrected chi connectivity index (χ4v) is 1.83. The molecule has 2 amide bonds. The van der Waals surface area contributed by atoms with Crippen molar-refractivity contribution in [2.45, 2.75) is 6.36 Å². The number of nitro groups is 1. The highest BCUT2D eigenvalue weighted by Gasteiger charge is 2.31. The van der Waals surface area contributed by atoms with E-state index in [1.54, 1.807) is 0 Å². The maximum absolute atomic E-state index is 12.1. The molecule has 26 heavy (non-hydrogen) atoms. The zero-order valence-electron chi connectivity index (χ0n) is 12.7. The van der Waals surface area contributed by atoms with Gasteiger partial charge in [-0.15, -0.1) is 13.2 Å². The van der Waals surface area contributed by atoms with Gasteiger partial charge >= 0.3 is 6.36 Å². The lowest BCUT2D eigenvalue weighted by molar-refractivity contribution is -0.384. The third kappa shape index (κ3) is 5.19. The first kappa shape index (κ1) is 18.7. The summed E-state index contributed by atoms with van der Waals surface area (Å²) in [4.78, 5) is 33.7. The van der Waals surface area contributed by atoms with Gasteiger partial charge in [0.25, 0.3) is 17.5 Å². The number of non-ortho nitro benzene ring substituents is 1. The van der Waals surface area contributed by atoms with Gasteiger partial charge in [-0.05, 0) is 30.3 Å². The van der Waals surface area contributed by atoms with Gasteiger partial charge in [-0.3, -0.25) is 30.6 Å². The first-order valence-corrected chi connectivity index (χ1v) is 6.86. The third-order valence-corrected chi connectivity index (χ3v) is 2.96. The Balaban J connectivity index is 1.96. The van der Waals surface area contributed by atoms with Crippen molar-refractivity contribution in [3.05, 3.63) is 69.8 Å². The number of ether oxygens (including phenoxy) is 1. The number of amides is 2. The molecule has 2 aromatic rings. The lowest BCUT2D eigenvalue weighted by atomic mass is 10.2. The van der Waals surface area contributed by atoms with E-state index in [1.165, 1.54) is 18.2 Å². The minimum absolute atomic E-state index is 0.0427. The molecule has 0 spiro atoms. The second kappa shape index (κ2) is 7.51. The van der Waals surface area contributed by atoms with Gasteiger partial charge in [0.15, 0.2) is 0 Å². The molecule has 0 aliphatic carbocycles. The predicted molar refractivity (Wildman–Crippen MR) is 81.2 cm³/mol. The van der Waals surface area contributed by atoms with Crippen molar-refractivity contribution in [2.24, 2.45) is 0 Å². The van der Waals surface area contributed by atoms with Crippen molar-refractivity contribution >= 4 is 17.5 Å². The fraction of sp³-hybridized carbons (Fsp3) is 0.0667. The number of alkyl halides is 3. The van der Waals surface area contributed by atoms with Crippen molar-refractivity contribution in [1.82, 2.24) is 10.9 Å². The highest BCUT2D eigenvalue weighted by Crippen LogP contribution is 2.22. The second-order valence-electron chi connectivity index (χ2n) is 4.79. The maximum Gasteiger partial charge on any atom is 0.573 e. The molecule has 0 aliphatic heterocycles. The van der Waals surface area contributed by atoms with Crippen LogP contribution in [0.25, 0.3) is 0 Å². The van der Waals surface area contributed by atoms with E-state index in [0.29, 0.717) is 0 Å². The third-order valence-electron chi connectivity index (χ3n) is 2.96. The van der Waals surface area contributed by atoms with Crippen LogP contribution in [0.2, 0.25) is 0 Å². The number of nitrogens with zero attached hydrogens (tertiary/aromatic N) is 1. The van der Waals surface area contributed by atoms with Crippen LogP contribution in [0.3, 0.4) is 0 Å². The van der Waals surface area contributed by atoms with E-state index >= 15 is 0 Å². The van der Waals surface area contributed by atoms with Crippen molar-refractivity contribution < 1.29 is 32.4 Å². The molecule has 0 unspecified atom stereocenters. The minimum atomic E-state index is -4.85. The molecule has 0 aromatic heterocycles. The molecule has 0 radical (unpaired) electrons. The first-order chi connectivity index (χ1) is 12.2. The molecule has 2 N–H and O–H groups in total. The zero-order valence-corrected chi connectivity index (χ0v) is 12.7. The summed E-state index contributed by atoms with van der Waals surface area (Å²) in [6, 6.07) is 8.82. The number of carbonyl (C=O) groups excluding carboxylic acids is 2. The van der Waals surface area contributed by atoms with Gasteiger partial charge < -0.3 is 4.74 Å². The quantitative estimate of drug-likeness (QED) is 0.636. The highest BCUT2D eigenvalue weighted by molar-refractivity contribution is 5.99. The molecule has 11 heteroatoms. The Morgan fingerprint density at radius 3 is 2.08 bits per heavy atom. The van der Waals surface area contributed by atoms with E-state index < -0.39 is 28.8 Å². The predicted octanol–water partition coefficient (Wildman–Crippen LogP) is 2.57. The second-order valence-corrected chi connectivity index (χ2v) is 4.79. The number of hydrogen-bond acceptors (Lipinski definition) is 5. The average molecular weight is 369 g/mol. The Hall–Kier alpha value is -3.63. The molecule has 136 valence electrons. The summed E-state index contributed by atoms with van der Waals surface area (Å²) in [7, 11) is 0. The number of halogens is 3. The molecule has 0 saturated heterocycles. The summed E-state index contributed by atoms with van der Waals surface area (Å²) >= 11 is 0. The topological polar surface area (TPSA) is 111 Å². The SMILES string of the molecule is O=C(NNC(=O)c1cccc([N+](=O)[O-])c1)c1ccc(OC(F)(F)F)cc1. The summed E-state index contributed by atoms with van der Waals surface area (Å²) in [6.07, 6.45) is -4.85. The molecule has 2 aromatic carbocycles. The van der Waals surface area contributed by atoms with Crippen LogP contribution in [0, 0.1) is 10.1 Å². The lowest BCUT2D eigenvalue weighted by Gasteiger charge is -2.10. The van der Waals surface area contributed by atoms with Gasteiger partial charge in [0.05, 0.1) is 4.92 Å². The van der Waals surface area contributed by atoms with Crippen molar-refractivity contribution in [3.8, 4) is 5.75 Å². The molecular weight excluding hydrogens is 359 g/mol. The number of hydrazine groups is 1. The van der Waals surface area contributed by atoms with E-state index in [9.17, 15) is 32.9 Å². The van der Waals surface area contributed by atoms with Crippen LogP contribution in [-0.4, -0.2) is 23.1 Å². The smallest absolute Gasteiger partial charge is 0.406 e. The minimum Gasteiger partial charge on any atom is -0.406 e. The highest BCUT2D eigenvalue weighted by atomic mass is 19.4. The van der Waals surface area contributed by atoms with Crippen LogP contribution in [0.5, 0.6) is 5.75 Å². The van der Waals surface area contributed by atoms with E-state index in [2.05, 4.69) is 4.74 Å². The maximum atomic E-state index is 12.1. The number of nitrogens with one attached hydrogen (secondary N) is 2. The van der Waals surface area contributed by atoms with Crippen molar-refractivity contribution in [2.75, 3.05) is 0 Å². The number of nitro benzene ring substituents is 1. The Morgan fingerprint density at radius 1 is 0.962 bits per heavy atom. The molecule has 8 nitrogen and oxygen atoms in total. The van der Waals surface area contributed by atoms with E-state index in [-0.39, 0.29) is 16.8 Å². The summed E-state index contributed by atoms with van der Waals surface area (Å²) in [5, 5.41) is 10.7. The zero-order chi connectivity index (χ0) is 19.3.